The zero-order valence-electron chi connectivity index (χ0n) is 25.9. The minimum Gasteiger partial charge on any atom is -0.494 e. The second-order valence-electron chi connectivity index (χ2n) is 13.8. The number of fused-ring (bicyclic) bond motifs is 2. The lowest BCUT2D eigenvalue weighted by atomic mass is 9.77. The van der Waals surface area contributed by atoms with Crippen LogP contribution in [0.3, 0.4) is 0 Å². The van der Waals surface area contributed by atoms with Gasteiger partial charge in [0.1, 0.15) is 17.4 Å². The van der Waals surface area contributed by atoms with E-state index in [9.17, 15) is 19.5 Å². The molecule has 0 saturated carbocycles. The number of ether oxygens (including phenoxy) is 2. The molecule has 1 aromatic rings. The number of anilines is 1. The first kappa shape index (κ1) is 30.3. The normalized spacial score (nSPS) is 30.2. The molecule has 2 fully saturated rings. The number of likely N-dealkylation sites (tertiary alicyclic amines) is 1. The maximum Gasteiger partial charge on any atom is 0.249 e. The highest BCUT2D eigenvalue weighted by molar-refractivity contribution is 6.04. The van der Waals surface area contributed by atoms with Gasteiger partial charge in [-0.25, -0.2) is 0 Å². The number of amides is 3. The summed E-state index contributed by atoms with van der Waals surface area (Å²) in [7, 11) is 0. The van der Waals surface area contributed by atoms with Crippen LogP contribution in [0.25, 0.3) is 0 Å². The summed E-state index contributed by atoms with van der Waals surface area (Å²) in [5.41, 5.74) is -1.19. The van der Waals surface area contributed by atoms with E-state index >= 15 is 0 Å². The maximum absolute atomic E-state index is 14.6. The summed E-state index contributed by atoms with van der Waals surface area (Å²) in [6, 6.07) is 5.70. The van der Waals surface area contributed by atoms with E-state index in [0.29, 0.717) is 31.1 Å². The summed E-state index contributed by atoms with van der Waals surface area (Å²) in [6.07, 6.45) is 7.60. The number of nitrogens with zero attached hydrogens (tertiary/aromatic N) is 3. The fraction of sp³-hybridized carbons (Fsp3) is 0.606. The van der Waals surface area contributed by atoms with Gasteiger partial charge in [-0.3, -0.25) is 14.4 Å². The largest absolute Gasteiger partial charge is 0.494 e. The van der Waals surface area contributed by atoms with Crippen molar-refractivity contribution in [2.24, 2.45) is 17.3 Å². The Labute approximate surface area is 249 Å². The SMILES string of the molecule is CCOc1ccc(N2CC=C[C@@H]3O[C@]45C=CCN(C(C)(C)CC(C)(C)C)C(=O)C4N([C@H](C)CO)C(=O)[C@@H]5[C@@H]3C2=O)cc1. The number of rotatable bonds is 7. The van der Waals surface area contributed by atoms with Gasteiger partial charge >= 0.3 is 0 Å². The van der Waals surface area contributed by atoms with Crippen LogP contribution in [0.5, 0.6) is 5.75 Å². The molecule has 228 valence electrons. The van der Waals surface area contributed by atoms with Crippen LogP contribution in [0, 0.1) is 17.3 Å². The molecule has 1 spiro atoms. The van der Waals surface area contributed by atoms with Gasteiger partial charge in [-0.15, -0.1) is 0 Å². The summed E-state index contributed by atoms with van der Waals surface area (Å²) in [4.78, 5) is 48.3. The summed E-state index contributed by atoms with van der Waals surface area (Å²) in [5.74, 6) is -1.81. The van der Waals surface area contributed by atoms with E-state index in [4.69, 9.17) is 9.47 Å². The van der Waals surface area contributed by atoms with Crippen LogP contribution >= 0.6 is 0 Å². The Bertz CT molecular complexity index is 1280. The summed E-state index contributed by atoms with van der Waals surface area (Å²) < 4.78 is 12.3. The molecule has 9 heteroatoms. The molecule has 4 aliphatic rings. The molecule has 0 radical (unpaired) electrons. The molecular formula is C33H45N3O6. The van der Waals surface area contributed by atoms with Gasteiger partial charge in [-0.05, 0) is 63.8 Å². The quantitative estimate of drug-likeness (QED) is 0.496. The fourth-order valence-electron chi connectivity index (χ4n) is 7.70. The first-order chi connectivity index (χ1) is 19.8. The van der Waals surface area contributed by atoms with Gasteiger partial charge in [0.25, 0.3) is 0 Å². The first-order valence-electron chi connectivity index (χ1n) is 15.1. The molecule has 0 bridgehead atoms. The molecule has 4 heterocycles. The number of carbonyl (C=O) groups is 3. The number of carbonyl (C=O) groups excluding carboxylic acids is 3. The first-order valence-corrected chi connectivity index (χ1v) is 15.1. The standard InChI is InChI=1S/C33H45N3O6/c1-8-41-23-14-12-22(13-15-23)34-17-9-11-24-25(28(34)38)26-29(39)36(21(2)19-37)27-30(40)35(18-10-16-33(26,27)42-24)32(6,7)20-31(3,4)5/h9-16,21,24-27,37H,8,17-20H2,1-7H3/t21-,24+,25-,26+,27?,33+/m1/s1. The van der Waals surface area contributed by atoms with Gasteiger partial charge in [0.15, 0.2) is 0 Å². The Kier molecular flexibility index (Phi) is 7.81. The number of aliphatic hydroxyl groups excluding tert-OH is 1. The van der Waals surface area contributed by atoms with E-state index in [1.54, 1.807) is 11.8 Å². The summed E-state index contributed by atoms with van der Waals surface area (Å²) in [5, 5.41) is 10.2. The van der Waals surface area contributed by atoms with Crippen LogP contribution in [0.2, 0.25) is 0 Å². The molecule has 2 saturated heterocycles. The van der Waals surface area contributed by atoms with Gasteiger partial charge in [0.05, 0.1) is 37.2 Å². The Morgan fingerprint density at radius 3 is 2.33 bits per heavy atom. The van der Waals surface area contributed by atoms with Crippen molar-refractivity contribution in [3.05, 3.63) is 48.6 Å². The second-order valence-corrected chi connectivity index (χ2v) is 13.8. The Morgan fingerprint density at radius 1 is 1.02 bits per heavy atom. The van der Waals surface area contributed by atoms with Crippen molar-refractivity contribution in [3.8, 4) is 5.75 Å². The molecule has 0 aliphatic carbocycles. The van der Waals surface area contributed by atoms with E-state index < -0.39 is 41.2 Å². The minimum atomic E-state index is -1.33. The third-order valence-corrected chi connectivity index (χ3v) is 8.99. The van der Waals surface area contributed by atoms with Crippen LogP contribution in [0.4, 0.5) is 5.69 Å². The number of hydrogen-bond donors (Lipinski definition) is 1. The molecule has 42 heavy (non-hydrogen) atoms. The Balaban J connectivity index is 1.56. The Morgan fingerprint density at radius 2 is 1.71 bits per heavy atom. The van der Waals surface area contributed by atoms with Gasteiger partial charge in [0.2, 0.25) is 17.7 Å². The molecule has 4 aliphatic heterocycles. The van der Waals surface area contributed by atoms with Crippen LogP contribution in [-0.4, -0.2) is 88.3 Å². The molecule has 9 nitrogen and oxygen atoms in total. The van der Waals surface area contributed by atoms with Crippen molar-refractivity contribution in [1.82, 2.24) is 9.80 Å². The molecule has 1 aromatic carbocycles. The highest BCUT2D eigenvalue weighted by Crippen LogP contribution is 2.54. The smallest absolute Gasteiger partial charge is 0.249 e. The summed E-state index contributed by atoms with van der Waals surface area (Å²) in [6.45, 7) is 15.1. The lowest BCUT2D eigenvalue weighted by molar-refractivity contribution is -0.154. The molecule has 3 amide bonds. The molecule has 0 aromatic heterocycles. The monoisotopic (exact) mass is 579 g/mol. The van der Waals surface area contributed by atoms with Crippen LogP contribution in [-0.2, 0) is 19.1 Å². The molecule has 5 rings (SSSR count). The lowest BCUT2D eigenvalue weighted by Crippen LogP contribution is -2.61. The molecule has 1 unspecified atom stereocenters. The number of benzene rings is 1. The average Bonchev–Trinajstić information content (AvgIpc) is 3.23. The van der Waals surface area contributed by atoms with E-state index in [-0.39, 0.29) is 29.7 Å². The van der Waals surface area contributed by atoms with E-state index in [0.717, 1.165) is 6.42 Å². The summed E-state index contributed by atoms with van der Waals surface area (Å²) >= 11 is 0. The van der Waals surface area contributed by atoms with Gasteiger partial charge < -0.3 is 29.3 Å². The number of hydrogen-bond acceptors (Lipinski definition) is 6. The highest BCUT2D eigenvalue weighted by Gasteiger charge is 2.72. The zero-order valence-corrected chi connectivity index (χ0v) is 25.9. The van der Waals surface area contributed by atoms with Crippen molar-refractivity contribution < 1.29 is 29.0 Å². The van der Waals surface area contributed by atoms with Crippen molar-refractivity contribution in [2.45, 2.75) is 84.2 Å². The second kappa shape index (κ2) is 10.8. The van der Waals surface area contributed by atoms with E-state index in [1.807, 2.05) is 60.4 Å². The lowest BCUT2D eigenvalue weighted by Gasteiger charge is -2.45. The minimum absolute atomic E-state index is 0.0395. The van der Waals surface area contributed by atoms with Crippen LogP contribution < -0.4 is 9.64 Å². The van der Waals surface area contributed by atoms with E-state index in [1.165, 1.54) is 4.90 Å². The zero-order chi connectivity index (χ0) is 30.6. The molecule has 6 atom stereocenters. The van der Waals surface area contributed by atoms with Crippen molar-refractivity contribution in [2.75, 3.05) is 31.2 Å². The maximum atomic E-state index is 14.6. The van der Waals surface area contributed by atoms with Crippen LogP contribution in [0.15, 0.2) is 48.6 Å². The van der Waals surface area contributed by atoms with Crippen LogP contribution in [0.1, 0.15) is 54.9 Å². The van der Waals surface area contributed by atoms with Crippen molar-refractivity contribution in [1.29, 1.82) is 0 Å². The Hall–Kier alpha value is -3.17. The van der Waals surface area contributed by atoms with Crippen molar-refractivity contribution in [3.63, 3.8) is 0 Å². The molecule has 1 N–H and O–H groups in total. The predicted molar refractivity (Wildman–Crippen MR) is 160 cm³/mol. The third kappa shape index (κ3) is 4.94. The van der Waals surface area contributed by atoms with Gasteiger partial charge in [-0.2, -0.15) is 0 Å². The van der Waals surface area contributed by atoms with Gasteiger partial charge in [0, 0.05) is 24.3 Å². The fourth-order valence-corrected chi connectivity index (χ4v) is 7.70. The predicted octanol–water partition coefficient (Wildman–Crippen LogP) is 3.56. The third-order valence-electron chi connectivity index (χ3n) is 8.99. The van der Waals surface area contributed by atoms with Crippen molar-refractivity contribution >= 4 is 23.4 Å². The van der Waals surface area contributed by atoms with E-state index in [2.05, 4.69) is 34.6 Å². The molecular weight excluding hydrogens is 534 g/mol. The highest BCUT2D eigenvalue weighted by atomic mass is 16.5. The topological polar surface area (TPSA) is 99.6 Å². The average molecular weight is 580 g/mol. The van der Waals surface area contributed by atoms with Gasteiger partial charge in [-0.1, -0.05) is 45.1 Å². The number of aliphatic hydroxyl groups is 1.